The largest absolute Gasteiger partial charge is 0.508 e. The maximum absolute atomic E-state index is 9.88. The van der Waals surface area contributed by atoms with Gasteiger partial charge in [-0.15, -0.1) is 0 Å². The van der Waals surface area contributed by atoms with Crippen molar-refractivity contribution in [3.8, 4) is 5.75 Å². The molecule has 2 aromatic rings. The normalized spacial score (nSPS) is 30.8. The second-order valence-corrected chi connectivity index (χ2v) is 10.1. The van der Waals surface area contributed by atoms with Crippen LogP contribution in [0.1, 0.15) is 61.6 Å². The van der Waals surface area contributed by atoms with Gasteiger partial charge in [0.25, 0.3) is 0 Å². The number of phenolic OH excluding ortho intramolecular Hbond substituents is 1. The van der Waals surface area contributed by atoms with Gasteiger partial charge in [0.1, 0.15) is 5.75 Å². The zero-order chi connectivity index (χ0) is 21.6. The maximum atomic E-state index is 9.88. The van der Waals surface area contributed by atoms with E-state index in [1.54, 1.807) is 0 Å². The number of nitrogens with zero attached hydrogens (tertiary/aromatic N) is 3. The molecule has 2 saturated carbocycles. The number of benzene rings is 2. The highest BCUT2D eigenvalue weighted by atomic mass is 16.3. The molecule has 1 N–H and O–H groups in total. The van der Waals surface area contributed by atoms with Gasteiger partial charge in [0, 0.05) is 30.9 Å². The van der Waals surface area contributed by atoms with E-state index in [9.17, 15) is 5.11 Å². The average molecular weight is 416 g/mol. The number of fused-ring (bicyclic) bond motifs is 5. The Kier molecular flexibility index (Phi) is 5.11. The van der Waals surface area contributed by atoms with Crippen molar-refractivity contribution in [2.75, 3.05) is 19.0 Å². The Morgan fingerprint density at radius 1 is 1.03 bits per heavy atom. The minimum atomic E-state index is 0.182. The molecular formula is C27H33N3O. The molecule has 0 saturated heterocycles. The summed E-state index contributed by atoms with van der Waals surface area (Å²) in [4.78, 5) is 2.10. The van der Waals surface area contributed by atoms with Crippen molar-refractivity contribution < 1.29 is 5.11 Å². The van der Waals surface area contributed by atoms with E-state index in [1.165, 1.54) is 48.2 Å². The highest BCUT2D eigenvalue weighted by Crippen LogP contribution is 2.60. The molecule has 31 heavy (non-hydrogen) atoms. The van der Waals surface area contributed by atoms with Crippen molar-refractivity contribution in [1.29, 1.82) is 0 Å². The number of aromatic hydroxyl groups is 1. The van der Waals surface area contributed by atoms with Gasteiger partial charge in [0.15, 0.2) is 0 Å². The predicted molar refractivity (Wildman–Crippen MR) is 129 cm³/mol. The summed E-state index contributed by atoms with van der Waals surface area (Å²) in [5.74, 6) is 2.47. The summed E-state index contributed by atoms with van der Waals surface area (Å²) in [6.45, 7) is 2.44. The molecule has 2 fully saturated rings. The van der Waals surface area contributed by atoms with Crippen LogP contribution in [0.25, 0.3) is 0 Å². The molecule has 0 aromatic heterocycles. The molecule has 3 aliphatic rings. The smallest absolute Gasteiger partial charge is 0.115 e. The highest BCUT2D eigenvalue weighted by molar-refractivity contribution is 5.93. The quantitative estimate of drug-likeness (QED) is 0.509. The third-order valence-electron chi connectivity index (χ3n) is 8.25. The van der Waals surface area contributed by atoms with Crippen LogP contribution in [0, 0.1) is 17.3 Å². The first-order chi connectivity index (χ1) is 15.0. The van der Waals surface area contributed by atoms with Gasteiger partial charge in [-0.25, -0.2) is 0 Å². The lowest BCUT2D eigenvalue weighted by molar-refractivity contribution is 0.0955. The SMILES string of the molecule is CN(C)c1ccc(/C=N\N=C2\CC[C@H]3[C@H]4CCc5cc(O)ccc5[C@H]4CC[C@@]23C)cc1. The first-order valence-electron chi connectivity index (χ1n) is 11.7. The Hall–Kier alpha value is -2.62. The summed E-state index contributed by atoms with van der Waals surface area (Å²) in [5.41, 5.74) is 6.61. The molecule has 2 aromatic carbocycles. The van der Waals surface area contributed by atoms with E-state index >= 15 is 0 Å². The summed E-state index contributed by atoms with van der Waals surface area (Å²) in [6.07, 6.45) is 8.91. The lowest BCUT2D eigenvalue weighted by atomic mass is 9.55. The molecule has 4 heteroatoms. The Morgan fingerprint density at radius 3 is 2.61 bits per heavy atom. The summed E-state index contributed by atoms with van der Waals surface area (Å²) in [7, 11) is 4.10. The van der Waals surface area contributed by atoms with E-state index in [4.69, 9.17) is 5.10 Å². The standard InChI is InChI=1S/C27H33N3O/c1-27-15-14-23-22-11-9-21(31)16-19(22)6-10-24(23)25(27)12-13-26(27)29-28-17-18-4-7-20(8-5-18)30(2)3/h4-5,7-9,11,16-17,23-25,31H,6,10,12-15H2,1-3H3/b28-17-,29-26-/t23-,24+,25+,27-/m1/s1. The van der Waals surface area contributed by atoms with E-state index in [2.05, 4.69) is 61.4 Å². The molecule has 4 nitrogen and oxygen atoms in total. The lowest BCUT2D eigenvalue weighted by Gasteiger charge is -2.49. The topological polar surface area (TPSA) is 48.2 Å². The van der Waals surface area contributed by atoms with Crippen molar-refractivity contribution >= 4 is 17.6 Å². The van der Waals surface area contributed by atoms with Crippen LogP contribution < -0.4 is 4.90 Å². The first kappa shape index (κ1) is 20.3. The minimum absolute atomic E-state index is 0.182. The Labute approximate surface area is 185 Å². The minimum Gasteiger partial charge on any atom is -0.508 e. The van der Waals surface area contributed by atoms with Crippen molar-refractivity contribution in [3.63, 3.8) is 0 Å². The van der Waals surface area contributed by atoms with Crippen LogP contribution in [-0.2, 0) is 6.42 Å². The van der Waals surface area contributed by atoms with Gasteiger partial charge in [0.05, 0.1) is 6.21 Å². The zero-order valence-electron chi connectivity index (χ0n) is 18.9. The molecule has 0 unspecified atom stereocenters. The van der Waals surface area contributed by atoms with E-state index in [0.29, 0.717) is 17.6 Å². The van der Waals surface area contributed by atoms with Crippen LogP contribution in [0.4, 0.5) is 5.69 Å². The molecule has 162 valence electrons. The monoisotopic (exact) mass is 415 g/mol. The van der Waals surface area contributed by atoms with Crippen LogP contribution in [-0.4, -0.2) is 31.1 Å². The fraction of sp³-hybridized carbons (Fsp3) is 0.481. The van der Waals surface area contributed by atoms with Crippen molar-refractivity contribution in [3.05, 3.63) is 59.2 Å². The van der Waals surface area contributed by atoms with Gasteiger partial charge >= 0.3 is 0 Å². The number of hydrogen-bond donors (Lipinski definition) is 1. The summed E-state index contributed by atoms with van der Waals surface area (Å²) in [5, 5.41) is 19.2. The van der Waals surface area contributed by atoms with Gasteiger partial charge in [-0.2, -0.15) is 10.2 Å². The van der Waals surface area contributed by atoms with Crippen molar-refractivity contribution in [1.82, 2.24) is 0 Å². The second-order valence-electron chi connectivity index (χ2n) is 10.1. The van der Waals surface area contributed by atoms with Gasteiger partial charge in [0.2, 0.25) is 0 Å². The van der Waals surface area contributed by atoms with Crippen LogP contribution in [0.5, 0.6) is 5.75 Å². The van der Waals surface area contributed by atoms with E-state index in [-0.39, 0.29) is 5.41 Å². The molecule has 3 aliphatic carbocycles. The molecular weight excluding hydrogens is 382 g/mol. The number of hydrogen-bond acceptors (Lipinski definition) is 4. The van der Waals surface area contributed by atoms with Gasteiger partial charge in [-0.3, -0.25) is 0 Å². The highest BCUT2D eigenvalue weighted by Gasteiger charge is 2.53. The molecule has 0 bridgehead atoms. The fourth-order valence-electron chi connectivity index (χ4n) is 6.55. The van der Waals surface area contributed by atoms with Crippen LogP contribution >= 0.6 is 0 Å². The van der Waals surface area contributed by atoms with Gasteiger partial charge in [-0.05, 0) is 97.2 Å². The van der Waals surface area contributed by atoms with Gasteiger partial charge in [-0.1, -0.05) is 25.1 Å². The van der Waals surface area contributed by atoms with Crippen molar-refractivity contribution in [2.45, 2.75) is 51.4 Å². The number of aryl methyl sites for hydroxylation is 1. The molecule has 0 spiro atoms. The molecule has 5 rings (SSSR count). The summed E-state index contributed by atoms with van der Waals surface area (Å²) < 4.78 is 0. The third kappa shape index (κ3) is 3.56. The molecule has 0 radical (unpaired) electrons. The zero-order valence-corrected chi connectivity index (χ0v) is 18.9. The van der Waals surface area contributed by atoms with Crippen LogP contribution in [0.3, 0.4) is 0 Å². The number of phenols is 1. The lowest BCUT2D eigenvalue weighted by Crippen LogP contribution is -2.42. The maximum Gasteiger partial charge on any atom is 0.115 e. The van der Waals surface area contributed by atoms with Crippen molar-refractivity contribution in [2.24, 2.45) is 27.5 Å². The molecule has 4 atom stereocenters. The average Bonchev–Trinajstić information content (AvgIpc) is 3.10. The first-order valence-corrected chi connectivity index (χ1v) is 11.7. The van der Waals surface area contributed by atoms with E-state index < -0.39 is 0 Å². The van der Waals surface area contributed by atoms with Crippen LogP contribution in [0.2, 0.25) is 0 Å². The van der Waals surface area contributed by atoms with E-state index in [0.717, 1.165) is 24.3 Å². The molecule has 0 heterocycles. The van der Waals surface area contributed by atoms with Crippen LogP contribution in [0.15, 0.2) is 52.7 Å². The number of anilines is 1. The molecule has 0 aliphatic heterocycles. The Balaban J connectivity index is 1.34. The summed E-state index contributed by atoms with van der Waals surface area (Å²) >= 11 is 0. The second kappa shape index (κ2) is 7.81. The number of rotatable bonds is 3. The Bertz CT molecular complexity index is 1020. The summed E-state index contributed by atoms with van der Waals surface area (Å²) in [6, 6.07) is 14.5. The predicted octanol–water partition coefficient (Wildman–Crippen LogP) is 5.79. The Morgan fingerprint density at radius 2 is 1.84 bits per heavy atom. The van der Waals surface area contributed by atoms with E-state index in [1.807, 2.05) is 18.3 Å². The fourth-order valence-corrected chi connectivity index (χ4v) is 6.55. The van der Waals surface area contributed by atoms with Gasteiger partial charge < -0.3 is 10.0 Å². The third-order valence-corrected chi connectivity index (χ3v) is 8.25. The molecule has 0 amide bonds.